The molecule has 0 bridgehead atoms. The van der Waals surface area contributed by atoms with Crippen LogP contribution < -0.4 is 39.2 Å². The van der Waals surface area contributed by atoms with Gasteiger partial charge in [-0.1, -0.05) is 63.6 Å². The quantitative estimate of drug-likeness (QED) is 0.0583. The molecule has 1 rings (SSSR count). The van der Waals surface area contributed by atoms with Crippen LogP contribution in [0.3, 0.4) is 0 Å². The Hall–Kier alpha value is -0.150. The Labute approximate surface area is 299 Å². The molecule has 1 atom stereocenters. The predicted octanol–water partition coefficient (Wildman–Crippen LogP) is 1.61. The van der Waals surface area contributed by atoms with Gasteiger partial charge in [-0.3, -0.25) is 4.57 Å². The molecule has 264 valence electrons. The van der Waals surface area contributed by atoms with Crippen LogP contribution in [0.1, 0.15) is 57.4 Å². The second-order valence-electron chi connectivity index (χ2n) is 10.1. The smallest absolute Gasteiger partial charge is 0.756 e. The first-order chi connectivity index (χ1) is 22.1. The first-order valence-electron chi connectivity index (χ1n) is 16.3. The van der Waals surface area contributed by atoms with E-state index in [9.17, 15) is 9.46 Å². The Morgan fingerprint density at radius 2 is 0.957 bits per heavy atom. The molecule has 0 saturated carbocycles. The summed E-state index contributed by atoms with van der Waals surface area (Å²) in [6, 6.07) is 8.31. The fourth-order valence-corrected chi connectivity index (χ4v) is 4.42. The molecule has 46 heavy (non-hydrogen) atoms. The zero-order valence-corrected chi connectivity index (χ0v) is 31.5. The molecule has 0 aliphatic rings. The molecule has 0 fully saturated rings. The van der Waals surface area contributed by atoms with Gasteiger partial charge in [0.05, 0.1) is 99.1 Å². The molecular formula is C32H58NaO12P. The van der Waals surface area contributed by atoms with Crippen LogP contribution in [0.25, 0.3) is 0 Å². The molecule has 0 spiro atoms. The molecule has 14 heteroatoms. The topological polar surface area (TPSA) is 132 Å². The third kappa shape index (κ3) is 29.9. The summed E-state index contributed by atoms with van der Waals surface area (Å²) in [5, 5.41) is 0. The van der Waals surface area contributed by atoms with E-state index in [1.165, 1.54) is 50.5 Å². The molecule has 0 aliphatic carbocycles. The summed E-state index contributed by atoms with van der Waals surface area (Å²) in [4.78, 5) is 11.0. The van der Waals surface area contributed by atoms with Crippen molar-refractivity contribution in [3.8, 4) is 5.75 Å². The van der Waals surface area contributed by atoms with Gasteiger partial charge in [-0.2, -0.15) is 0 Å². The maximum absolute atomic E-state index is 11.0. The number of phosphoric ester groups is 1. The Morgan fingerprint density at radius 3 is 1.41 bits per heavy atom. The minimum Gasteiger partial charge on any atom is -0.756 e. The van der Waals surface area contributed by atoms with Gasteiger partial charge in [-0.05, 0) is 24.5 Å². The number of benzene rings is 1. The number of unbranched alkanes of at least 4 members (excludes halogenated alkanes) is 6. The molecule has 1 unspecified atom stereocenters. The molecule has 0 radical (unpaired) electrons. The van der Waals surface area contributed by atoms with E-state index < -0.39 is 7.82 Å². The average molecular weight is 689 g/mol. The van der Waals surface area contributed by atoms with E-state index in [0.29, 0.717) is 92.5 Å². The molecular weight excluding hydrogens is 630 g/mol. The average Bonchev–Trinajstić information content (AvgIpc) is 3.04. The van der Waals surface area contributed by atoms with Crippen LogP contribution in [-0.2, 0) is 53.2 Å². The second kappa shape index (κ2) is 34.7. The van der Waals surface area contributed by atoms with Gasteiger partial charge in [0.1, 0.15) is 12.4 Å². The number of aryl methyl sites for hydroxylation is 1. The predicted molar refractivity (Wildman–Crippen MR) is 170 cm³/mol. The van der Waals surface area contributed by atoms with Crippen LogP contribution in [-0.4, -0.2) is 113 Å². The first-order valence-corrected chi connectivity index (χ1v) is 17.8. The molecule has 0 saturated heterocycles. The van der Waals surface area contributed by atoms with E-state index >= 15 is 0 Å². The van der Waals surface area contributed by atoms with Crippen LogP contribution in [0.4, 0.5) is 0 Å². The number of para-hydroxylation sites is 1. The first kappa shape index (κ1) is 45.9. The van der Waals surface area contributed by atoms with Crippen molar-refractivity contribution in [2.45, 2.75) is 58.3 Å². The zero-order chi connectivity index (χ0) is 32.5. The summed E-state index contributed by atoms with van der Waals surface area (Å²) < 4.78 is 63.7. The van der Waals surface area contributed by atoms with Crippen molar-refractivity contribution in [3.05, 3.63) is 29.8 Å². The number of hydrogen-bond acceptors (Lipinski definition) is 12. The monoisotopic (exact) mass is 688 g/mol. The molecule has 1 aromatic carbocycles. The van der Waals surface area contributed by atoms with Gasteiger partial charge >= 0.3 is 29.6 Å². The van der Waals surface area contributed by atoms with Crippen LogP contribution in [0.2, 0.25) is 0 Å². The van der Waals surface area contributed by atoms with E-state index in [1.807, 2.05) is 12.1 Å². The van der Waals surface area contributed by atoms with Gasteiger partial charge in [-0.25, -0.2) is 0 Å². The van der Waals surface area contributed by atoms with Gasteiger partial charge in [-0.15, -0.1) is 0 Å². The maximum Gasteiger partial charge on any atom is 1.00 e. The van der Waals surface area contributed by atoms with Gasteiger partial charge < -0.3 is 51.8 Å². The molecule has 0 N–H and O–H groups in total. The van der Waals surface area contributed by atoms with Crippen molar-refractivity contribution < 1.29 is 86.0 Å². The van der Waals surface area contributed by atoms with E-state index in [4.69, 9.17) is 37.9 Å². The van der Waals surface area contributed by atoms with Crippen LogP contribution in [0, 0.1) is 0 Å². The third-order valence-corrected chi connectivity index (χ3v) is 7.39. The zero-order valence-electron chi connectivity index (χ0n) is 28.6. The van der Waals surface area contributed by atoms with E-state index in [1.54, 1.807) is 0 Å². The van der Waals surface area contributed by atoms with Gasteiger partial charge in [0.2, 0.25) is 0 Å². The minimum atomic E-state index is -4.19. The summed E-state index contributed by atoms with van der Waals surface area (Å²) in [5.74, 6) is 0.965. The Kier molecular flexibility index (Phi) is 34.6. The van der Waals surface area contributed by atoms with E-state index in [0.717, 1.165) is 19.3 Å². The summed E-state index contributed by atoms with van der Waals surface area (Å²) >= 11 is 0. The Morgan fingerprint density at radius 1 is 0.565 bits per heavy atom. The second-order valence-corrected chi connectivity index (χ2v) is 11.6. The molecule has 0 aromatic heterocycles. The number of phosphoric acid groups is 1. The van der Waals surface area contributed by atoms with E-state index in [-0.39, 0.29) is 42.8 Å². The molecule has 0 aliphatic heterocycles. The maximum atomic E-state index is 11.0. The summed E-state index contributed by atoms with van der Waals surface area (Å²) in [5.41, 5.74) is 1.28. The van der Waals surface area contributed by atoms with Crippen LogP contribution in [0.15, 0.2) is 24.3 Å². The number of rotatable bonds is 35. The van der Waals surface area contributed by atoms with Gasteiger partial charge in [0.25, 0.3) is 7.82 Å². The van der Waals surface area contributed by atoms with Crippen LogP contribution in [0.5, 0.6) is 5.75 Å². The van der Waals surface area contributed by atoms with Crippen molar-refractivity contribution in [3.63, 3.8) is 0 Å². The standard InChI is InChI=1S/C32H59O12P.Na/c1-3-4-5-6-7-8-9-12-31-13-10-11-14-32(31)43-29-27-41-25-23-39-21-19-37-17-15-36-16-18-38-20-22-40-24-26-42-28-30-44-45(33,34)35-2;/h10-11,13-14H,3-9,12,15-30H2,1-2H3,(H,33,34);/q;+1/p-1. The summed E-state index contributed by atoms with van der Waals surface area (Å²) in [7, 11) is -3.15. The normalized spacial score (nSPS) is 12.6. The molecule has 0 heterocycles. The van der Waals surface area contributed by atoms with Crippen molar-refractivity contribution in [2.24, 2.45) is 0 Å². The fraction of sp³-hybridized carbons (Fsp3) is 0.812. The molecule has 12 nitrogen and oxygen atoms in total. The number of ether oxygens (including phenoxy) is 8. The molecule has 0 amide bonds. The third-order valence-electron chi connectivity index (χ3n) is 6.44. The fourth-order valence-electron chi connectivity index (χ4n) is 4.02. The van der Waals surface area contributed by atoms with Gasteiger partial charge in [0, 0.05) is 7.11 Å². The van der Waals surface area contributed by atoms with Crippen LogP contribution >= 0.6 is 7.82 Å². The van der Waals surface area contributed by atoms with Crippen molar-refractivity contribution in [1.82, 2.24) is 0 Å². The largest absolute Gasteiger partial charge is 1.00 e. The number of hydrogen-bond donors (Lipinski definition) is 0. The summed E-state index contributed by atoms with van der Waals surface area (Å²) in [6.45, 7) is 8.85. The SMILES string of the molecule is CCCCCCCCCc1ccccc1OCCOCCOCCOCCOCCOCCOCCOCCOP(=O)([O-])OC.[Na+]. The van der Waals surface area contributed by atoms with Gasteiger partial charge in [0.15, 0.2) is 0 Å². The van der Waals surface area contributed by atoms with E-state index in [2.05, 4.69) is 28.1 Å². The van der Waals surface area contributed by atoms with Crippen molar-refractivity contribution in [1.29, 1.82) is 0 Å². The Balaban J connectivity index is 0.0000202. The van der Waals surface area contributed by atoms with Crippen molar-refractivity contribution in [2.75, 3.05) is 113 Å². The molecule has 1 aromatic rings. The minimum absolute atomic E-state index is 0. The summed E-state index contributed by atoms with van der Waals surface area (Å²) in [6.07, 6.45) is 10.2. The van der Waals surface area contributed by atoms with Crippen molar-refractivity contribution >= 4 is 7.82 Å². The Bertz CT molecular complexity index is 823.